The SMILES string of the molecule is CC(C)(C)NCc1nnnn1CCC(F)(F)F. The highest BCUT2D eigenvalue weighted by Crippen LogP contribution is 2.20. The van der Waals surface area contributed by atoms with E-state index in [2.05, 4.69) is 20.8 Å². The van der Waals surface area contributed by atoms with Gasteiger partial charge in [-0.1, -0.05) is 0 Å². The van der Waals surface area contributed by atoms with Crippen LogP contribution in [-0.2, 0) is 13.1 Å². The molecule has 1 aromatic heterocycles. The molecule has 1 aromatic rings. The monoisotopic (exact) mass is 251 g/mol. The maximum Gasteiger partial charge on any atom is 0.390 e. The number of alkyl halides is 3. The summed E-state index contributed by atoms with van der Waals surface area (Å²) in [5.74, 6) is 0.407. The molecule has 0 radical (unpaired) electrons. The van der Waals surface area contributed by atoms with Crippen LogP contribution in [0.15, 0.2) is 0 Å². The Kier molecular flexibility index (Phi) is 4.07. The van der Waals surface area contributed by atoms with Crippen molar-refractivity contribution in [3.05, 3.63) is 5.82 Å². The fourth-order valence-electron chi connectivity index (χ4n) is 1.10. The molecule has 0 saturated carbocycles. The minimum Gasteiger partial charge on any atom is -0.305 e. The Hall–Kier alpha value is -1.18. The van der Waals surface area contributed by atoms with Crippen LogP contribution in [0.2, 0.25) is 0 Å². The second-order valence-corrected chi connectivity index (χ2v) is 4.79. The Labute approximate surface area is 97.4 Å². The van der Waals surface area contributed by atoms with E-state index in [0.29, 0.717) is 12.4 Å². The van der Waals surface area contributed by atoms with E-state index in [1.807, 2.05) is 20.8 Å². The van der Waals surface area contributed by atoms with E-state index in [9.17, 15) is 13.2 Å². The Balaban J connectivity index is 2.54. The minimum atomic E-state index is -4.19. The summed E-state index contributed by atoms with van der Waals surface area (Å²) >= 11 is 0. The molecule has 0 unspecified atom stereocenters. The van der Waals surface area contributed by atoms with Crippen molar-refractivity contribution in [3.63, 3.8) is 0 Å². The summed E-state index contributed by atoms with van der Waals surface area (Å²) in [4.78, 5) is 0. The van der Waals surface area contributed by atoms with Crippen molar-refractivity contribution in [2.45, 2.75) is 52.0 Å². The molecule has 0 aliphatic rings. The lowest BCUT2D eigenvalue weighted by Gasteiger charge is -2.19. The van der Waals surface area contributed by atoms with E-state index < -0.39 is 12.6 Å². The largest absolute Gasteiger partial charge is 0.390 e. The van der Waals surface area contributed by atoms with Crippen LogP contribution >= 0.6 is 0 Å². The fourth-order valence-corrected chi connectivity index (χ4v) is 1.10. The van der Waals surface area contributed by atoms with Gasteiger partial charge in [0.25, 0.3) is 0 Å². The minimum absolute atomic E-state index is 0.138. The number of rotatable bonds is 4. The first-order chi connectivity index (χ1) is 7.67. The summed E-state index contributed by atoms with van der Waals surface area (Å²) in [6.45, 7) is 5.95. The summed E-state index contributed by atoms with van der Waals surface area (Å²) in [6.07, 6.45) is -5.12. The van der Waals surface area contributed by atoms with E-state index in [1.54, 1.807) is 0 Å². The molecule has 0 spiro atoms. The lowest BCUT2D eigenvalue weighted by atomic mass is 10.1. The van der Waals surface area contributed by atoms with Crippen LogP contribution in [0.4, 0.5) is 13.2 Å². The summed E-state index contributed by atoms with van der Waals surface area (Å²) in [5, 5.41) is 13.7. The van der Waals surface area contributed by atoms with Gasteiger partial charge in [0.2, 0.25) is 0 Å². The molecule has 8 heteroatoms. The Morgan fingerprint density at radius 3 is 2.41 bits per heavy atom. The summed E-state index contributed by atoms with van der Waals surface area (Å²) in [6, 6.07) is 0. The highest BCUT2D eigenvalue weighted by atomic mass is 19.4. The van der Waals surface area contributed by atoms with Gasteiger partial charge in [-0.3, -0.25) is 0 Å². The third-order valence-corrected chi connectivity index (χ3v) is 1.99. The summed E-state index contributed by atoms with van der Waals surface area (Å²) in [5.41, 5.74) is -0.138. The maximum atomic E-state index is 12.1. The van der Waals surface area contributed by atoms with Crippen LogP contribution in [-0.4, -0.2) is 31.9 Å². The van der Waals surface area contributed by atoms with Gasteiger partial charge < -0.3 is 5.32 Å². The third-order valence-electron chi connectivity index (χ3n) is 1.99. The normalized spacial score (nSPS) is 13.1. The van der Waals surface area contributed by atoms with E-state index >= 15 is 0 Å². The highest BCUT2D eigenvalue weighted by Gasteiger charge is 2.27. The van der Waals surface area contributed by atoms with Crippen molar-refractivity contribution in [2.24, 2.45) is 0 Å². The summed E-state index contributed by atoms with van der Waals surface area (Å²) in [7, 11) is 0. The smallest absolute Gasteiger partial charge is 0.305 e. The zero-order chi connectivity index (χ0) is 13.1. The predicted molar refractivity (Wildman–Crippen MR) is 55.1 cm³/mol. The second-order valence-electron chi connectivity index (χ2n) is 4.79. The molecule has 0 aromatic carbocycles. The number of hydrogen-bond acceptors (Lipinski definition) is 4. The van der Waals surface area contributed by atoms with Crippen LogP contribution < -0.4 is 5.32 Å². The third kappa shape index (κ3) is 5.62. The number of halogens is 3. The average Bonchev–Trinajstić information content (AvgIpc) is 2.56. The molecule has 0 saturated heterocycles. The van der Waals surface area contributed by atoms with Gasteiger partial charge in [0, 0.05) is 5.54 Å². The second kappa shape index (κ2) is 4.99. The molecular formula is C9H16F3N5. The Morgan fingerprint density at radius 2 is 1.88 bits per heavy atom. The molecule has 1 N–H and O–H groups in total. The van der Waals surface area contributed by atoms with Gasteiger partial charge in [-0.15, -0.1) is 5.10 Å². The predicted octanol–water partition coefficient (Wildman–Crippen LogP) is 1.51. The van der Waals surface area contributed by atoms with Gasteiger partial charge in [-0.2, -0.15) is 13.2 Å². The first-order valence-electron chi connectivity index (χ1n) is 5.24. The van der Waals surface area contributed by atoms with E-state index in [-0.39, 0.29) is 12.1 Å². The first-order valence-corrected chi connectivity index (χ1v) is 5.24. The zero-order valence-electron chi connectivity index (χ0n) is 10.0. The number of tetrazole rings is 1. The number of aryl methyl sites for hydroxylation is 1. The lowest BCUT2D eigenvalue weighted by Crippen LogP contribution is -2.36. The lowest BCUT2D eigenvalue weighted by molar-refractivity contribution is -0.137. The van der Waals surface area contributed by atoms with Crippen molar-refractivity contribution >= 4 is 0 Å². The van der Waals surface area contributed by atoms with Crippen molar-refractivity contribution < 1.29 is 13.2 Å². The molecule has 17 heavy (non-hydrogen) atoms. The zero-order valence-corrected chi connectivity index (χ0v) is 10.0. The summed E-state index contributed by atoms with van der Waals surface area (Å²) < 4.78 is 37.3. The molecular weight excluding hydrogens is 235 g/mol. The average molecular weight is 251 g/mol. The first kappa shape index (κ1) is 13.9. The molecule has 5 nitrogen and oxygen atoms in total. The number of nitrogens with one attached hydrogen (secondary N) is 1. The number of aromatic nitrogens is 4. The van der Waals surface area contributed by atoms with Gasteiger partial charge in [-0.05, 0) is 31.2 Å². The molecule has 0 atom stereocenters. The van der Waals surface area contributed by atoms with Crippen molar-refractivity contribution in [1.82, 2.24) is 25.5 Å². The van der Waals surface area contributed by atoms with Crippen LogP contribution in [0.3, 0.4) is 0 Å². The fraction of sp³-hybridized carbons (Fsp3) is 0.889. The van der Waals surface area contributed by atoms with Crippen LogP contribution in [0, 0.1) is 0 Å². The standard InChI is InChI=1S/C9H16F3N5/c1-8(2,3)13-6-7-14-15-16-17(7)5-4-9(10,11)12/h13H,4-6H2,1-3H3. The van der Waals surface area contributed by atoms with Gasteiger partial charge >= 0.3 is 6.18 Å². The number of nitrogens with zero attached hydrogens (tertiary/aromatic N) is 4. The van der Waals surface area contributed by atoms with Crippen LogP contribution in [0.1, 0.15) is 33.0 Å². The maximum absolute atomic E-state index is 12.1. The van der Waals surface area contributed by atoms with E-state index in [1.165, 1.54) is 4.68 Å². The molecule has 0 aliphatic heterocycles. The van der Waals surface area contributed by atoms with Gasteiger partial charge in [0.05, 0.1) is 19.5 Å². The van der Waals surface area contributed by atoms with Crippen molar-refractivity contribution in [1.29, 1.82) is 0 Å². The van der Waals surface area contributed by atoms with Crippen LogP contribution in [0.25, 0.3) is 0 Å². The van der Waals surface area contributed by atoms with Gasteiger partial charge in [0.1, 0.15) is 0 Å². The van der Waals surface area contributed by atoms with E-state index in [0.717, 1.165) is 0 Å². The Morgan fingerprint density at radius 1 is 1.24 bits per heavy atom. The number of hydrogen-bond donors (Lipinski definition) is 1. The van der Waals surface area contributed by atoms with E-state index in [4.69, 9.17) is 0 Å². The van der Waals surface area contributed by atoms with Crippen LogP contribution in [0.5, 0.6) is 0 Å². The molecule has 98 valence electrons. The van der Waals surface area contributed by atoms with Gasteiger partial charge in [0.15, 0.2) is 5.82 Å². The van der Waals surface area contributed by atoms with Crippen molar-refractivity contribution in [3.8, 4) is 0 Å². The quantitative estimate of drug-likeness (QED) is 0.881. The molecule has 0 amide bonds. The molecule has 1 heterocycles. The Bertz CT molecular complexity index is 320. The topological polar surface area (TPSA) is 55.6 Å². The molecule has 0 fully saturated rings. The highest BCUT2D eigenvalue weighted by molar-refractivity contribution is 4.83. The molecule has 1 rings (SSSR count). The molecule has 0 aliphatic carbocycles. The molecule has 0 bridgehead atoms. The van der Waals surface area contributed by atoms with Crippen molar-refractivity contribution in [2.75, 3.05) is 0 Å². The van der Waals surface area contributed by atoms with Gasteiger partial charge in [-0.25, -0.2) is 4.68 Å².